The molecule has 1 heterocycles. The second-order valence-corrected chi connectivity index (χ2v) is 10.9. The van der Waals surface area contributed by atoms with Gasteiger partial charge in [-0.05, 0) is 86.3 Å². The molecule has 1 atom stereocenters. The van der Waals surface area contributed by atoms with E-state index in [1.165, 1.54) is 24.3 Å². The van der Waals surface area contributed by atoms with Crippen molar-refractivity contribution in [2.45, 2.75) is 69.9 Å². The van der Waals surface area contributed by atoms with Gasteiger partial charge in [-0.25, -0.2) is 22.0 Å². The maximum absolute atomic E-state index is 15.0. The van der Waals surface area contributed by atoms with Crippen LogP contribution >= 0.6 is 0 Å². The Morgan fingerprint density at radius 1 is 0.780 bits per heavy atom. The molecule has 0 aliphatic carbocycles. The van der Waals surface area contributed by atoms with E-state index in [2.05, 4.69) is 30.3 Å². The number of likely N-dealkylation sites (tertiary alicyclic amines) is 1. The topological polar surface area (TPSA) is 15.3 Å². The summed E-state index contributed by atoms with van der Waals surface area (Å²) in [4.78, 5) is 2.38. The van der Waals surface area contributed by atoms with Gasteiger partial charge in [-0.1, -0.05) is 55.5 Å². The first-order chi connectivity index (χ1) is 19.4. The molecule has 41 heavy (non-hydrogen) atoms. The molecule has 0 aromatic heterocycles. The molecule has 1 N–H and O–H groups in total. The Kier molecular flexibility index (Phi) is 10.9. The molecule has 1 fully saturated rings. The first-order valence-corrected chi connectivity index (χ1v) is 14.1. The number of nitrogens with zero attached hydrogens (tertiary/aromatic N) is 1. The number of piperidine rings is 1. The summed E-state index contributed by atoms with van der Waals surface area (Å²) in [6.07, 6.45) is 2.91. The van der Waals surface area contributed by atoms with Crippen molar-refractivity contribution in [3.8, 4) is 0 Å². The average molecular weight is 573 g/mol. The summed E-state index contributed by atoms with van der Waals surface area (Å²) in [5.41, 5.74) is -0.229. The van der Waals surface area contributed by atoms with E-state index in [0.717, 1.165) is 64.4 Å². The van der Waals surface area contributed by atoms with Crippen LogP contribution in [0.5, 0.6) is 0 Å². The smallest absolute Gasteiger partial charge is 0.270 e. The Labute approximate surface area is 241 Å². The van der Waals surface area contributed by atoms with Crippen LogP contribution in [0.2, 0.25) is 0 Å². The Morgan fingerprint density at radius 3 is 1.93 bits per heavy atom. The Balaban J connectivity index is 0.00000226. The van der Waals surface area contributed by atoms with Crippen molar-refractivity contribution in [1.82, 2.24) is 10.2 Å². The number of nitrogens with one attached hydrogen (secondary N) is 1. The van der Waals surface area contributed by atoms with Crippen molar-refractivity contribution in [2.75, 3.05) is 19.6 Å². The lowest BCUT2D eigenvalue weighted by Crippen LogP contribution is -2.54. The van der Waals surface area contributed by atoms with Gasteiger partial charge in [-0.3, -0.25) is 0 Å². The van der Waals surface area contributed by atoms with Gasteiger partial charge in [-0.2, -0.15) is 0 Å². The molecule has 1 aliphatic rings. The second-order valence-electron chi connectivity index (χ2n) is 10.9. The molecule has 3 aromatic carbocycles. The highest BCUT2D eigenvalue weighted by Crippen LogP contribution is 2.40. The molecule has 0 radical (unpaired) electrons. The summed E-state index contributed by atoms with van der Waals surface area (Å²) >= 11 is 0. The lowest BCUT2D eigenvalue weighted by atomic mass is 9.75. The summed E-state index contributed by atoms with van der Waals surface area (Å²) in [5, 5.41) is 3.71. The van der Waals surface area contributed by atoms with Gasteiger partial charge in [-0.15, -0.1) is 13.2 Å². The minimum atomic E-state index is -3.28. The van der Waals surface area contributed by atoms with E-state index in [4.69, 9.17) is 0 Å². The normalized spacial score (nSPS) is 16.5. The van der Waals surface area contributed by atoms with E-state index in [0.29, 0.717) is 5.56 Å². The highest BCUT2D eigenvalue weighted by molar-refractivity contribution is 5.45. The number of rotatable bonds is 10. The van der Waals surface area contributed by atoms with E-state index < -0.39 is 28.8 Å². The van der Waals surface area contributed by atoms with Crippen molar-refractivity contribution in [3.63, 3.8) is 0 Å². The van der Waals surface area contributed by atoms with Crippen LogP contribution < -0.4 is 5.32 Å². The van der Waals surface area contributed by atoms with Crippen molar-refractivity contribution in [1.29, 1.82) is 0 Å². The molecule has 222 valence electrons. The Morgan fingerprint density at radius 2 is 1.34 bits per heavy atom. The Bertz CT molecular complexity index is 1240. The number of benzene rings is 3. The van der Waals surface area contributed by atoms with Crippen LogP contribution in [0.1, 0.15) is 67.9 Å². The lowest BCUT2D eigenvalue weighted by Gasteiger charge is -2.43. The van der Waals surface area contributed by atoms with Gasteiger partial charge >= 0.3 is 0 Å². The standard InChI is InChI=1S/C32H37F5N2.C2H4/c1-4-15-39-16-13-29(14-17-39)38-32(22-23-9-6-5-7-10-23,25-12-8-11-24(18-25)30(2,34)35)27-19-26(31(3,36)37)20-28(33)21-27;1-2/h5-12,18-21,29,38H,4,13-17,22H2,1-3H3;1-2H2. The van der Waals surface area contributed by atoms with E-state index in [1.54, 1.807) is 12.1 Å². The number of hydrogen-bond acceptors (Lipinski definition) is 2. The zero-order valence-electron chi connectivity index (χ0n) is 24.2. The maximum Gasteiger partial charge on any atom is 0.270 e. The summed E-state index contributed by atoms with van der Waals surface area (Å²) in [6.45, 7) is 12.4. The third-order valence-electron chi connectivity index (χ3n) is 7.65. The molecule has 0 bridgehead atoms. The number of hydrogen-bond donors (Lipinski definition) is 1. The molecule has 1 unspecified atom stereocenters. The van der Waals surface area contributed by atoms with Crippen LogP contribution in [-0.4, -0.2) is 30.6 Å². The van der Waals surface area contributed by atoms with Gasteiger partial charge in [0.15, 0.2) is 0 Å². The zero-order valence-corrected chi connectivity index (χ0v) is 24.2. The van der Waals surface area contributed by atoms with Crippen molar-refractivity contribution >= 4 is 0 Å². The fourth-order valence-electron chi connectivity index (χ4n) is 5.60. The molecule has 2 nitrogen and oxygen atoms in total. The first-order valence-electron chi connectivity index (χ1n) is 14.1. The highest BCUT2D eigenvalue weighted by atomic mass is 19.3. The minimum absolute atomic E-state index is 0.0264. The lowest BCUT2D eigenvalue weighted by molar-refractivity contribution is 0.0166. The SMILES string of the molecule is C=C.CCCN1CCC(NC(Cc2ccccc2)(c2cccc(C(C)(F)F)c2)c2cc(F)cc(C(C)(F)F)c2)CC1. The van der Waals surface area contributed by atoms with Crippen molar-refractivity contribution < 1.29 is 22.0 Å². The van der Waals surface area contributed by atoms with Gasteiger partial charge < -0.3 is 10.2 Å². The second kappa shape index (κ2) is 13.8. The zero-order chi connectivity index (χ0) is 30.3. The summed E-state index contributed by atoms with van der Waals surface area (Å²) < 4.78 is 73.2. The molecule has 1 aliphatic heterocycles. The fourth-order valence-corrected chi connectivity index (χ4v) is 5.60. The van der Waals surface area contributed by atoms with Gasteiger partial charge in [0.1, 0.15) is 5.82 Å². The highest BCUT2D eigenvalue weighted by Gasteiger charge is 2.40. The predicted octanol–water partition coefficient (Wildman–Crippen LogP) is 8.80. The van der Waals surface area contributed by atoms with Gasteiger partial charge in [0.2, 0.25) is 0 Å². The monoisotopic (exact) mass is 572 g/mol. The third kappa shape index (κ3) is 8.26. The van der Waals surface area contributed by atoms with E-state index in [1.807, 2.05) is 30.3 Å². The molecule has 0 amide bonds. The van der Waals surface area contributed by atoms with E-state index in [9.17, 15) is 17.6 Å². The number of alkyl halides is 4. The number of halogens is 5. The predicted molar refractivity (Wildman–Crippen MR) is 157 cm³/mol. The van der Waals surface area contributed by atoms with Crippen LogP contribution in [0.25, 0.3) is 0 Å². The van der Waals surface area contributed by atoms with E-state index in [-0.39, 0.29) is 23.6 Å². The molecule has 0 spiro atoms. The summed E-state index contributed by atoms with van der Waals surface area (Å²) in [7, 11) is 0. The quantitative estimate of drug-likeness (QED) is 0.193. The van der Waals surface area contributed by atoms with E-state index >= 15 is 4.39 Å². The maximum atomic E-state index is 15.0. The molecule has 7 heteroatoms. The van der Waals surface area contributed by atoms with Crippen molar-refractivity contribution in [3.05, 3.63) is 120 Å². The van der Waals surface area contributed by atoms with Crippen LogP contribution in [0.4, 0.5) is 22.0 Å². The van der Waals surface area contributed by atoms with Gasteiger partial charge in [0.05, 0.1) is 5.54 Å². The molecule has 0 saturated carbocycles. The van der Waals surface area contributed by atoms with Crippen LogP contribution in [0.15, 0.2) is 86.0 Å². The van der Waals surface area contributed by atoms with Crippen LogP contribution in [0.3, 0.4) is 0 Å². The van der Waals surface area contributed by atoms with Crippen molar-refractivity contribution in [2.24, 2.45) is 0 Å². The first kappa shape index (κ1) is 32.5. The van der Waals surface area contributed by atoms with Crippen LogP contribution in [0, 0.1) is 5.82 Å². The van der Waals surface area contributed by atoms with Gasteiger partial charge in [0.25, 0.3) is 11.8 Å². The van der Waals surface area contributed by atoms with Gasteiger partial charge in [0, 0.05) is 31.0 Å². The third-order valence-corrected chi connectivity index (χ3v) is 7.65. The molecular formula is C34H41F5N2. The minimum Gasteiger partial charge on any atom is -0.303 e. The largest absolute Gasteiger partial charge is 0.303 e. The summed E-state index contributed by atoms with van der Waals surface area (Å²) in [5.74, 6) is -7.18. The average Bonchev–Trinajstić information content (AvgIpc) is 2.94. The molecule has 3 aromatic rings. The fraction of sp³-hybridized carbons (Fsp3) is 0.412. The van der Waals surface area contributed by atoms with Crippen LogP contribution in [-0.2, 0) is 23.8 Å². The Hall–Kier alpha value is -3.03. The molecular weight excluding hydrogens is 531 g/mol. The molecule has 4 rings (SSSR count). The molecule has 1 saturated heterocycles. The summed E-state index contributed by atoms with van der Waals surface area (Å²) in [6, 6.07) is 18.9.